The molecule has 3 aromatic heterocycles. The van der Waals surface area contributed by atoms with Gasteiger partial charge in [0.1, 0.15) is 6.54 Å². The molecule has 0 saturated heterocycles. The van der Waals surface area contributed by atoms with Crippen molar-refractivity contribution in [1.29, 1.82) is 0 Å². The third-order valence-corrected chi connectivity index (χ3v) is 5.99. The van der Waals surface area contributed by atoms with Gasteiger partial charge in [-0.2, -0.15) is 13.2 Å². The molecule has 192 valence electrons. The van der Waals surface area contributed by atoms with Crippen LogP contribution in [0.25, 0.3) is 11.1 Å². The number of nitrogens with zero attached hydrogens (tertiary/aromatic N) is 4. The number of halogens is 3. The number of carbonyl (C=O) groups excluding carboxylic acids is 2. The maximum Gasteiger partial charge on any atom is 0.417 e. The largest absolute Gasteiger partial charge is 0.481 e. The SMILES string of the molecule is CNC(=O)Cn1cc(-c2cc(C(F)(F)F)cnc2OC)c(C(=O)Nc2nnc(C#CC3CC3)s2)cc1=O. The zero-order chi connectivity index (χ0) is 26.7. The lowest BCUT2D eigenvalue weighted by atomic mass is 10.0. The van der Waals surface area contributed by atoms with E-state index in [4.69, 9.17) is 4.74 Å². The predicted octanol–water partition coefficient (Wildman–Crippen LogP) is 2.55. The van der Waals surface area contributed by atoms with Crippen LogP contribution in [-0.2, 0) is 17.5 Å². The minimum Gasteiger partial charge on any atom is -0.481 e. The molecule has 10 nitrogen and oxygen atoms in total. The summed E-state index contributed by atoms with van der Waals surface area (Å²) in [5.74, 6) is 4.64. The van der Waals surface area contributed by atoms with Crippen LogP contribution in [0.5, 0.6) is 5.88 Å². The number of hydrogen-bond acceptors (Lipinski definition) is 8. The average molecular weight is 533 g/mol. The quantitative estimate of drug-likeness (QED) is 0.467. The number of hydrogen-bond donors (Lipinski definition) is 2. The van der Waals surface area contributed by atoms with Gasteiger partial charge in [-0.1, -0.05) is 17.3 Å². The average Bonchev–Trinajstić information content (AvgIpc) is 3.60. The Kier molecular flexibility index (Phi) is 7.25. The van der Waals surface area contributed by atoms with Gasteiger partial charge in [0.25, 0.3) is 11.5 Å². The zero-order valence-corrected chi connectivity index (χ0v) is 20.3. The molecular weight excluding hydrogens is 513 g/mol. The fraction of sp³-hybridized carbons (Fsp3) is 0.304. The number of anilines is 1. The molecule has 2 N–H and O–H groups in total. The fourth-order valence-electron chi connectivity index (χ4n) is 3.18. The molecule has 0 aliphatic heterocycles. The van der Waals surface area contributed by atoms with E-state index < -0.39 is 35.7 Å². The molecule has 0 aromatic carbocycles. The van der Waals surface area contributed by atoms with E-state index in [1.165, 1.54) is 14.2 Å². The highest BCUT2D eigenvalue weighted by atomic mass is 32.1. The van der Waals surface area contributed by atoms with E-state index in [-0.39, 0.29) is 27.7 Å². The van der Waals surface area contributed by atoms with Crippen molar-refractivity contribution in [1.82, 2.24) is 25.1 Å². The van der Waals surface area contributed by atoms with Gasteiger partial charge in [-0.3, -0.25) is 19.7 Å². The standard InChI is InChI=1S/C23H19F3N6O4S/c1-27-17(33)11-32-10-16(15-7-13(23(24,25)26)9-28-21(15)36-2)14(8-19(32)34)20(35)29-22-31-30-18(37-22)6-5-12-3-4-12/h7-10,12H,3-4,11H2,1-2H3,(H,27,33)(H,29,31,35). The summed E-state index contributed by atoms with van der Waals surface area (Å²) in [6.45, 7) is -0.432. The number of aromatic nitrogens is 4. The number of amides is 2. The van der Waals surface area contributed by atoms with Crippen molar-refractivity contribution in [2.75, 3.05) is 19.5 Å². The fourth-order valence-corrected chi connectivity index (χ4v) is 3.78. The van der Waals surface area contributed by atoms with Gasteiger partial charge in [0, 0.05) is 42.6 Å². The Hall–Kier alpha value is -4.25. The second kappa shape index (κ2) is 10.4. The first-order valence-corrected chi connectivity index (χ1v) is 11.6. The number of likely N-dealkylation sites (N-methyl/N-ethyl adjacent to an activating group) is 1. The second-order valence-electron chi connectivity index (χ2n) is 7.93. The molecule has 14 heteroatoms. The van der Waals surface area contributed by atoms with Gasteiger partial charge in [-0.15, -0.1) is 10.2 Å². The van der Waals surface area contributed by atoms with Gasteiger partial charge in [0.05, 0.1) is 18.2 Å². The first-order chi connectivity index (χ1) is 17.6. The van der Waals surface area contributed by atoms with Crippen molar-refractivity contribution < 1.29 is 27.5 Å². The van der Waals surface area contributed by atoms with E-state index in [0.29, 0.717) is 17.1 Å². The molecule has 3 heterocycles. The lowest BCUT2D eigenvalue weighted by Gasteiger charge is -2.16. The molecule has 1 aliphatic rings. The minimum atomic E-state index is -4.74. The Balaban J connectivity index is 1.79. The number of pyridine rings is 2. The smallest absolute Gasteiger partial charge is 0.417 e. The Morgan fingerprint density at radius 3 is 2.65 bits per heavy atom. The number of alkyl halides is 3. The number of nitrogens with one attached hydrogen (secondary N) is 2. The van der Waals surface area contributed by atoms with Crippen LogP contribution in [-0.4, -0.2) is 45.7 Å². The Bertz CT molecular complexity index is 1480. The highest BCUT2D eigenvalue weighted by molar-refractivity contribution is 7.15. The van der Waals surface area contributed by atoms with Gasteiger partial charge in [-0.05, 0) is 24.8 Å². The lowest BCUT2D eigenvalue weighted by Crippen LogP contribution is -2.31. The molecular formula is C23H19F3N6O4S. The summed E-state index contributed by atoms with van der Waals surface area (Å²) < 4.78 is 46.5. The van der Waals surface area contributed by atoms with Crippen LogP contribution in [0.2, 0.25) is 0 Å². The molecule has 4 rings (SSSR count). The molecule has 2 amide bonds. The predicted molar refractivity (Wildman–Crippen MR) is 127 cm³/mol. The van der Waals surface area contributed by atoms with Gasteiger partial charge in [-0.25, -0.2) is 4.98 Å². The maximum absolute atomic E-state index is 13.5. The molecule has 1 aliphatic carbocycles. The molecule has 0 bridgehead atoms. The second-order valence-corrected chi connectivity index (χ2v) is 8.91. The first kappa shape index (κ1) is 25.8. The summed E-state index contributed by atoms with van der Waals surface area (Å²) in [7, 11) is 2.56. The van der Waals surface area contributed by atoms with E-state index in [1.54, 1.807) is 0 Å². The summed E-state index contributed by atoms with van der Waals surface area (Å²) in [5.41, 5.74) is -2.43. The van der Waals surface area contributed by atoms with E-state index >= 15 is 0 Å². The number of rotatable bonds is 6. The van der Waals surface area contributed by atoms with E-state index in [2.05, 4.69) is 37.7 Å². The summed E-state index contributed by atoms with van der Waals surface area (Å²) in [4.78, 5) is 41.5. The molecule has 37 heavy (non-hydrogen) atoms. The molecule has 0 unspecified atom stereocenters. The van der Waals surface area contributed by atoms with Crippen LogP contribution in [0.1, 0.15) is 33.8 Å². The minimum absolute atomic E-state index is 0.0831. The first-order valence-electron chi connectivity index (χ1n) is 10.8. The van der Waals surface area contributed by atoms with Crippen LogP contribution in [0, 0.1) is 17.8 Å². The number of methoxy groups -OCH3 is 1. The van der Waals surface area contributed by atoms with Crippen molar-refractivity contribution in [3.63, 3.8) is 0 Å². The maximum atomic E-state index is 13.5. The molecule has 0 radical (unpaired) electrons. The molecule has 0 spiro atoms. The molecule has 0 atom stereocenters. The van der Waals surface area contributed by atoms with Crippen LogP contribution in [0.15, 0.2) is 29.3 Å². The highest BCUT2D eigenvalue weighted by Crippen LogP contribution is 2.37. The third kappa shape index (κ3) is 6.12. The normalized spacial score (nSPS) is 12.9. The van der Waals surface area contributed by atoms with Crippen LogP contribution >= 0.6 is 11.3 Å². The Labute approximate surface area is 211 Å². The van der Waals surface area contributed by atoms with Gasteiger partial charge in [0.15, 0.2) is 5.01 Å². The van der Waals surface area contributed by atoms with Crippen molar-refractivity contribution in [3.8, 4) is 28.8 Å². The zero-order valence-electron chi connectivity index (χ0n) is 19.5. The van der Waals surface area contributed by atoms with E-state index in [1.807, 2.05) is 0 Å². The van der Waals surface area contributed by atoms with Crippen molar-refractivity contribution in [3.05, 3.63) is 51.0 Å². The summed E-state index contributed by atoms with van der Waals surface area (Å²) in [5, 5.41) is 13.1. The monoisotopic (exact) mass is 532 g/mol. The third-order valence-electron chi connectivity index (χ3n) is 5.23. The Morgan fingerprint density at radius 2 is 2.00 bits per heavy atom. The molecule has 1 saturated carbocycles. The lowest BCUT2D eigenvalue weighted by molar-refractivity contribution is -0.137. The Morgan fingerprint density at radius 1 is 1.24 bits per heavy atom. The van der Waals surface area contributed by atoms with Gasteiger partial charge >= 0.3 is 6.18 Å². The number of ether oxygens (including phenoxy) is 1. The summed E-state index contributed by atoms with van der Waals surface area (Å²) >= 11 is 1.01. The van der Waals surface area contributed by atoms with Crippen LogP contribution in [0.4, 0.5) is 18.3 Å². The number of carbonyl (C=O) groups is 2. The van der Waals surface area contributed by atoms with Crippen LogP contribution in [0.3, 0.4) is 0 Å². The summed E-state index contributed by atoms with van der Waals surface area (Å²) in [6.07, 6.45) is -0.987. The topological polar surface area (TPSA) is 128 Å². The molecule has 1 fully saturated rings. The van der Waals surface area contributed by atoms with Crippen molar-refractivity contribution >= 4 is 28.3 Å². The van der Waals surface area contributed by atoms with Gasteiger partial charge in [0.2, 0.25) is 16.9 Å². The van der Waals surface area contributed by atoms with Crippen molar-refractivity contribution in [2.45, 2.75) is 25.6 Å². The van der Waals surface area contributed by atoms with E-state index in [9.17, 15) is 27.6 Å². The highest BCUT2D eigenvalue weighted by Gasteiger charge is 2.33. The van der Waals surface area contributed by atoms with Gasteiger partial charge < -0.3 is 14.6 Å². The van der Waals surface area contributed by atoms with E-state index in [0.717, 1.165) is 47.1 Å². The molecule has 3 aromatic rings. The summed E-state index contributed by atoms with van der Waals surface area (Å²) in [6, 6.07) is 1.67. The van der Waals surface area contributed by atoms with Crippen LogP contribution < -0.4 is 20.9 Å². The van der Waals surface area contributed by atoms with Crippen molar-refractivity contribution in [2.24, 2.45) is 5.92 Å².